The minimum atomic E-state index is -4.94. The molecule has 11 heteroatoms. The third-order valence-corrected chi connectivity index (χ3v) is 6.43. The van der Waals surface area contributed by atoms with Gasteiger partial charge in [0.25, 0.3) is 11.8 Å². The number of carbonyl (C=O) groups excluding carboxylic acids is 1. The van der Waals surface area contributed by atoms with Crippen LogP contribution in [-0.2, 0) is 24.1 Å². The highest BCUT2D eigenvalue weighted by molar-refractivity contribution is 5.95. The molecular weight excluding hydrogens is 553 g/mol. The second-order valence-electron chi connectivity index (χ2n) is 9.40. The van der Waals surface area contributed by atoms with Gasteiger partial charge in [-0.3, -0.25) is 4.79 Å². The summed E-state index contributed by atoms with van der Waals surface area (Å²) in [6.45, 7) is 0.493. The van der Waals surface area contributed by atoms with Crippen molar-refractivity contribution in [2.24, 2.45) is 0 Å². The number of carbonyl (C=O) groups is 1. The normalized spacial score (nSPS) is 13.4. The molecule has 41 heavy (non-hydrogen) atoms. The van der Waals surface area contributed by atoms with E-state index in [-0.39, 0.29) is 23.6 Å². The molecule has 0 aliphatic rings. The standard InChI is InChI=1S/C30H23F7N2O2/c1-28(33,34)23-12-11-19(13-24(23)32)27(40)39-29(17-18-7-4-3-5-8-18,25-9-6-10-26(38-25)41-2)20-14-21(30(35,36)37)16-22(31)15-20/h3-16H,17H2,1-2H3,(H,39,40). The monoisotopic (exact) mass is 576 g/mol. The number of benzene rings is 3. The molecule has 0 saturated heterocycles. The summed E-state index contributed by atoms with van der Waals surface area (Å²) in [5, 5.41) is 2.63. The number of nitrogens with zero attached hydrogens (tertiary/aromatic N) is 1. The Morgan fingerprint density at radius 3 is 2.15 bits per heavy atom. The van der Waals surface area contributed by atoms with Crippen LogP contribution in [0.15, 0.2) is 84.9 Å². The Balaban J connectivity index is 1.98. The molecule has 0 spiro atoms. The predicted octanol–water partition coefficient (Wildman–Crippen LogP) is 7.42. The van der Waals surface area contributed by atoms with Gasteiger partial charge in [0.1, 0.15) is 17.2 Å². The first-order valence-electron chi connectivity index (χ1n) is 12.2. The molecule has 0 bridgehead atoms. The Labute approximate surface area is 230 Å². The number of ether oxygens (including phenoxy) is 1. The van der Waals surface area contributed by atoms with Crippen molar-refractivity contribution in [1.82, 2.24) is 10.3 Å². The van der Waals surface area contributed by atoms with Crippen molar-refractivity contribution in [2.45, 2.75) is 31.0 Å². The second kappa shape index (κ2) is 11.2. The lowest BCUT2D eigenvalue weighted by atomic mass is 9.79. The van der Waals surface area contributed by atoms with Crippen LogP contribution in [0.5, 0.6) is 5.88 Å². The van der Waals surface area contributed by atoms with Crippen LogP contribution in [0.1, 0.15) is 45.2 Å². The molecule has 4 nitrogen and oxygen atoms in total. The number of hydrogen-bond donors (Lipinski definition) is 1. The zero-order chi connectivity index (χ0) is 30.0. The number of halogens is 7. The lowest BCUT2D eigenvalue weighted by Gasteiger charge is -2.36. The molecule has 0 radical (unpaired) electrons. The average Bonchev–Trinajstić information content (AvgIpc) is 2.91. The van der Waals surface area contributed by atoms with E-state index in [1.807, 2.05) is 0 Å². The molecule has 214 valence electrons. The topological polar surface area (TPSA) is 51.2 Å². The van der Waals surface area contributed by atoms with E-state index in [0.29, 0.717) is 30.7 Å². The van der Waals surface area contributed by atoms with Crippen LogP contribution < -0.4 is 10.1 Å². The lowest BCUT2D eigenvalue weighted by Crippen LogP contribution is -2.49. The molecule has 1 aromatic heterocycles. The van der Waals surface area contributed by atoms with E-state index < -0.39 is 51.9 Å². The SMILES string of the molecule is COc1cccc(C(Cc2ccccc2)(NC(=O)c2ccc(C(C)(F)F)c(F)c2)c2cc(F)cc(C(F)(F)F)c2)n1. The molecule has 1 N–H and O–H groups in total. The van der Waals surface area contributed by atoms with Crippen molar-refractivity contribution >= 4 is 5.91 Å². The van der Waals surface area contributed by atoms with Gasteiger partial charge in [-0.1, -0.05) is 36.4 Å². The summed E-state index contributed by atoms with van der Waals surface area (Å²) in [5.74, 6) is -7.11. The number of alkyl halides is 5. The van der Waals surface area contributed by atoms with E-state index >= 15 is 0 Å². The lowest BCUT2D eigenvalue weighted by molar-refractivity contribution is -0.137. The van der Waals surface area contributed by atoms with Gasteiger partial charge in [0.05, 0.1) is 23.9 Å². The van der Waals surface area contributed by atoms with Gasteiger partial charge in [0, 0.05) is 25.0 Å². The first-order valence-corrected chi connectivity index (χ1v) is 12.2. The third-order valence-electron chi connectivity index (χ3n) is 6.43. The summed E-state index contributed by atoms with van der Waals surface area (Å²) in [6, 6.07) is 16.8. The average molecular weight is 577 g/mol. The van der Waals surface area contributed by atoms with Crippen LogP contribution >= 0.6 is 0 Å². The van der Waals surface area contributed by atoms with E-state index in [4.69, 9.17) is 4.74 Å². The fourth-order valence-corrected chi connectivity index (χ4v) is 4.47. The number of nitrogens with one attached hydrogen (secondary N) is 1. The van der Waals surface area contributed by atoms with E-state index in [1.54, 1.807) is 30.3 Å². The molecule has 3 aromatic carbocycles. The molecule has 1 heterocycles. The fraction of sp³-hybridized carbons (Fsp3) is 0.200. The number of amides is 1. The van der Waals surface area contributed by atoms with Gasteiger partial charge in [0.15, 0.2) is 0 Å². The quantitative estimate of drug-likeness (QED) is 0.222. The summed E-state index contributed by atoms with van der Waals surface area (Å²) in [7, 11) is 1.31. The van der Waals surface area contributed by atoms with Gasteiger partial charge in [0.2, 0.25) is 5.88 Å². The van der Waals surface area contributed by atoms with Gasteiger partial charge in [-0.15, -0.1) is 0 Å². The third kappa shape index (κ3) is 6.50. The van der Waals surface area contributed by atoms with Gasteiger partial charge >= 0.3 is 6.18 Å². The van der Waals surface area contributed by atoms with Crippen molar-refractivity contribution in [3.05, 3.63) is 130 Å². The number of pyridine rings is 1. The van der Waals surface area contributed by atoms with Gasteiger partial charge < -0.3 is 10.1 Å². The number of methoxy groups -OCH3 is 1. The maximum absolute atomic E-state index is 14.8. The van der Waals surface area contributed by atoms with Crippen LogP contribution in [0, 0.1) is 11.6 Å². The zero-order valence-electron chi connectivity index (χ0n) is 21.7. The van der Waals surface area contributed by atoms with E-state index in [1.165, 1.54) is 25.3 Å². The number of aromatic nitrogens is 1. The highest BCUT2D eigenvalue weighted by Gasteiger charge is 2.41. The van der Waals surface area contributed by atoms with Gasteiger partial charge in [-0.25, -0.2) is 22.5 Å². The second-order valence-corrected chi connectivity index (χ2v) is 9.40. The van der Waals surface area contributed by atoms with Gasteiger partial charge in [-0.05, 0) is 53.6 Å². The largest absolute Gasteiger partial charge is 0.481 e. The van der Waals surface area contributed by atoms with Crippen molar-refractivity contribution in [3.8, 4) is 5.88 Å². The van der Waals surface area contributed by atoms with E-state index in [2.05, 4.69) is 10.3 Å². The Morgan fingerprint density at radius 2 is 1.54 bits per heavy atom. The van der Waals surface area contributed by atoms with E-state index in [0.717, 1.165) is 18.2 Å². The highest BCUT2D eigenvalue weighted by Crippen LogP contribution is 2.38. The molecular formula is C30H23F7N2O2. The van der Waals surface area contributed by atoms with Crippen molar-refractivity contribution in [3.63, 3.8) is 0 Å². The summed E-state index contributed by atoms with van der Waals surface area (Å²) in [4.78, 5) is 17.9. The maximum Gasteiger partial charge on any atom is 0.416 e. The molecule has 0 aliphatic carbocycles. The smallest absolute Gasteiger partial charge is 0.416 e. The van der Waals surface area contributed by atoms with Crippen molar-refractivity contribution in [1.29, 1.82) is 0 Å². The Bertz CT molecular complexity index is 1550. The Morgan fingerprint density at radius 1 is 0.854 bits per heavy atom. The Hall–Kier alpha value is -4.41. The Kier molecular flexibility index (Phi) is 8.10. The van der Waals surface area contributed by atoms with Crippen molar-refractivity contribution in [2.75, 3.05) is 7.11 Å². The minimum Gasteiger partial charge on any atom is -0.481 e. The minimum absolute atomic E-state index is 0.0232. The molecule has 0 fully saturated rings. The van der Waals surface area contributed by atoms with Crippen LogP contribution in [0.25, 0.3) is 0 Å². The van der Waals surface area contributed by atoms with Crippen LogP contribution in [0.3, 0.4) is 0 Å². The molecule has 0 saturated carbocycles. The first kappa shape index (κ1) is 29.6. The molecule has 0 aliphatic heterocycles. The number of hydrogen-bond acceptors (Lipinski definition) is 3. The van der Waals surface area contributed by atoms with Crippen molar-refractivity contribution < 1.29 is 40.3 Å². The van der Waals surface area contributed by atoms with Crippen LogP contribution in [0.2, 0.25) is 0 Å². The molecule has 1 atom stereocenters. The molecule has 4 aromatic rings. The predicted molar refractivity (Wildman–Crippen MR) is 137 cm³/mol. The maximum atomic E-state index is 14.8. The summed E-state index contributed by atoms with van der Waals surface area (Å²) in [6.07, 6.45) is -5.17. The van der Waals surface area contributed by atoms with Crippen LogP contribution in [0.4, 0.5) is 30.7 Å². The van der Waals surface area contributed by atoms with Gasteiger partial charge in [-0.2, -0.15) is 13.2 Å². The molecule has 1 amide bonds. The summed E-state index contributed by atoms with van der Waals surface area (Å²) in [5.41, 5.74) is -4.46. The molecule has 4 rings (SSSR count). The number of rotatable bonds is 8. The fourth-order valence-electron chi connectivity index (χ4n) is 4.47. The first-order chi connectivity index (χ1) is 19.2. The molecule has 1 unspecified atom stereocenters. The zero-order valence-corrected chi connectivity index (χ0v) is 21.7. The highest BCUT2D eigenvalue weighted by atomic mass is 19.4. The van der Waals surface area contributed by atoms with Crippen LogP contribution in [-0.4, -0.2) is 18.0 Å². The summed E-state index contributed by atoms with van der Waals surface area (Å²) < 4.78 is 103. The summed E-state index contributed by atoms with van der Waals surface area (Å²) >= 11 is 0. The van der Waals surface area contributed by atoms with E-state index in [9.17, 15) is 35.5 Å².